The Morgan fingerprint density at radius 3 is 2.66 bits per heavy atom. The Balaban J connectivity index is 1.54. The third kappa shape index (κ3) is 4.00. The molecule has 0 radical (unpaired) electrons. The van der Waals surface area contributed by atoms with Crippen LogP contribution in [0.25, 0.3) is 0 Å². The first-order chi connectivity index (χ1) is 13.9. The molecule has 0 fully saturated rings. The van der Waals surface area contributed by atoms with Crippen molar-refractivity contribution < 1.29 is 9.59 Å². The molecule has 0 unspecified atom stereocenters. The van der Waals surface area contributed by atoms with E-state index in [0.29, 0.717) is 16.7 Å². The van der Waals surface area contributed by atoms with Crippen LogP contribution in [-0.2, 0) is 9.59 Å². The SMILES string of the molecule is CC(C)[C@H]1N=C2c3ccccc3N=C(SCC(=O)Nc3ccc(Br)cc3)N2C1=O. The molecule has 29 heavy (non-hydrogen) atoms. The molecule has 8 heteroatoms. The van der Waals surface area contributed by atoms with Crippen LogP contribution in [0.15, 0.2) is 63.0 Å². The van der Waals surface area contributed by atoms with Gasteiger partial charge in [0.05, 0.1) is 11.4 Å². The van der Waals surface area contributed by atoms with Gasteiger partial charge in [0.2, 0.25) is 5.91 Å². The second-order valence-corrected chi connectivity index (χ2v) is 8.93. The lowest BCUT2D eigenvalue weighted by molar-refractivity contribution is -0.125. The van der Waals surface area contributed by atoms with Crippen LogP contribution in [-0.4, -0.2) is 39.5 Å². The van der Waals surface area contributed by atoms with Crippen molar-refractivity contribution in [3.63, 3.8) is 0 Å². The maximum Gasteiger partial charge on any atom is 0.259 e. The summed E-state index contributed by atoms with van der Waals surface area (Å²) in [7, 11) is 0. The number of carbonyl (C=O) groups excluding carboxylic acids is 2. The van der Waals surface area contributed by atoms with Crippen LogP contribution >= 0.6 is 27.7 Å². The van der Waals surface area contributed by atoms with E-state index in [-0.39, 0.29) is 23.5 Å². The number of anilines is 1. The molecule has 0 bridgehead atoms. The summed E-state index contributed by atoms with van der Waals surface area (Å²) < 4.78 is 0.944. The molecule has 0 aliphatic carbocycles. The number of amides is 2. The average molecular weight is 471 g/mol. The number of aliphatic imine (C=N–C) groups is 2. The van der Waals surface area contributed by atoms with Gasteiger partial charge in [-0.15, -0.1) is 0 Å². The number of nitrogens with zero attached hydrogens (tertiary/aromatic N) is 3. The van der Waals surface area contributed by atoms with E-state index in [2.05, 4.69) is 31.2 Å². The van der Waals surface area contributed by atoms with Crippen molar-refractivity contribution >= 4 is 61.9 Å². The lowest BCUT2D eigenvalue weighted by atomic mass is 10.1. The summed E-state index contributed by atoms with van der Waals surface area (Å²) in [6.07, 6.45) is 0. The molecular formula is C21H19BrN4O2S. The van der Waals surface area contributed by atoms with Gasteiger partial charge in [0, 0.05) is 15.7 Å². The molecule has 1 atom stereocenters. The molecule has 2 aliphatic rings. The average Bonchev–Trinajstić information content (AvgIpc) is 3.06. The van der Waals surface area contributed by atoms with E-state index in [1.807, 2.05) is 62.4 Å². The standard InChI is InChI=1S/C21H19BrN4O2S/c1-12(2)18-20(28)26-19(25-18)15-5-3-4-6-16(15)24-21(26)29-11-17(27)23-14-9-7-13(22)8-10-14/h3-10,12,18H,11H2,1-2H3,(H,23,27)/t18-/m1/s1. The van der Waals surface area contributed by atoms with Crippen molar-refractivity contribution in [3.05, 3.63) is 58.6 Å². The first-order valence-electron chi connectivity index (χ1n) is 9.22. The van der Waals surface area contributed by atoms with E-state index in [1.165, 1.54) is 11.8 Å². The van der Waals surface area contributed by atoms with Gasteiger partial charge < -0.3 is 5.32 Å². The predicted octanol–water partition coefficient (Wildman–Crippen LogP) is 4.44. The molecule has 2 amide bonds. The van der Waals surface area contributed by atoms with Gasteiger partial charge in [-0.25, -0.2) is 9.89 Å². The zero-order chi connectivity index (χ0) is 20.5. The highest BCUT2D eigenvalue weighted by Gasteiger charge is 2.42. The lowest BCUT2D eigenvalue weighted by Crippen LogP contribution is -2.42. The Morgan fingerprint density at radius 2 is 1.93 bits per heavy atom. The van der Waals surface area contributed by atoms with Gasteiger partial charge in [0.25, 0.3) is 5.91 Å². The minimum atomic E-state index is -0.432. The summed E-state index contributed by atoms with van der Waals surface area (Å²) in [5.74, 6) is 0.587. The topological polar surface area (TPSA) is 74.1 Å². The molecular weight excluding hydrogens is 452 g/mol. The van der Waals surface area contributed by atoms with Crippen LogP contribution in [0.1, 0.15) is 19.4 Å². The second-order valence-electron chi connectivity index (χ2n) is 7.07. The van der Waals surface area contributed by atoms with Crippen molar-refractivity contribution in [1.29, 1.82) is 0 Å². The van der Waals surface area contributed by atoms with Crippen LogP contribution in [0.3, 0.4) is 0 Å². The zero-order valence-corrected chi connectivity index (χ0v) is 18.3. The Morgan fingerprint density at radius 1 is 1.21 bits per heavy atom. The molecule has 6 nitrogen and oxygen atoms in total. The van der Waals surface area contributed by atoms with E-state index >= 15 is 0 Å². The van der Waals surface area contributed by atoms with Crippen molar-refractivity contribution in [1.82, 2.24) is 4.90 Å². The Labute approximate surface area is 181 Å². The highest BCUT2D eigenvalue weighted by molar-refractivity contribution is 9.10. The largest absolute Gasteiger partial charge is 0.325 e. The predicted molar refractivity (Wildman–Crippen MR) is 121 cm³/mol. The van der Waals surface area contributed by atoms with Crippen LogP contribution < -0.4 is 5.32 Å². The fourth-order valence-corrected chi connectivity index (χ4v) is 4.23. The van der Waals surface area contributed by atoms with Crippen LogP contribution in [0.4, 0.5) is 11.4 Å². The maximum absolute atomic E-state index is 13.0. The summed E-state index contributed by atoms with van der Waals surface area (Å²) in [6.45, 7) is 3.96. The fourth-order valence-electron chi connectivity index (χ4n) is 3.16. The van der Waals surface area contributed by atoms with Crippen molar-refractivity contribution in [2.75, 3.05) is 11.1 Å². The van der Waals surface area contributed by atoms with Gasteiger partial charge in [-0.05, 0) is 42.3 Å². The Kier molecular flexibility index (Phi) is 5.56. The molecule has 2 heterocycles. The number of hydrogen-bond donors (Lipinski definition) is 1. The van der Waals surface area contributed by atoms with E-state index in [4.69, 9.17) is 0 Å². The van der Waals surface area contributed by atoms with Gasteiger partial charge in [-0.3, -0.25) is 14.6 Å². The number of halogens is 1. The molecule has 2 aromatic rings. The van der Waals surface area contributed by atoms with Gasteiger partial charge in [-0.2, -0.15) is 0 Å². The van der Waals surface area contributed by atoms with Crippen molar-refractivity contribution in [2.24, 2.45) is 15.9 Å². The lowest BCUT2D eigenvalue weighted by Gasteiger charge is -2.25. The summed E-state index contributed by atoms with van der Waals surface area (Å²) >= 11 is 4.61. The summed E-state index contributed by atoms with van der Waals surface area (Å²) in [6, 6.07) is 14.6. The highest BCUT2D eigenvalue weighted by Crippen LogP contribution is 2.34. The quantitative estimate of drug-likeness (QED) is 0.717. The number of nitrogens with one attached hydrogen (secondary N) is 1. The van der Waals surface area contributed by atoms with E-state index in [1.54, 1.807) is 4.90 Å². The number of rotatable bonds is 4. The minimum absolute atomic E-state index is 0.0831. The fraction of sp³-hybridized carbons (Fsp3) is 0.238. The zero-order valence-electron chi connectivity index (χ0n) is 15.9. The minimum Gasteiger partial charge on any atom is -0.325 e. The third-order valence-corrected chi connectivity index (χ3v) is 6.06. The summed E-state index contributed by atoms with van der Waals surface area (Å²) in [5.41, 5.74) is 2.32. The van der Waals surface area contributed by atoms with Gasteiger partial charge in [0.15, 0.2) is 5.17 Å². The highest BCUT2D eigenvalue weighted by atomic mass is 79.9. The molecule has 148 valence electrons. The molecule has 1 N–H and O–H groups in total. The Bertz CT molecular complexity index is 1030. The molecule has 4 rings (SSSR count). The van der Waals surface area contributed by atoms with Gasteiger partial charge in [0.1, 0.15) is 11.9 Å². The number of hydrogen-bond acceptors (Lipinski definition) is 5. The molecule has 2 aromatic carbocycles. The van der Waals surface area contributed by atoms with Crippen LogP contribution in [0, 0.1) is 5.92 Å². The molecule has 0 saturated carbocycles. The number of thioether (sulfide) groups is 1. The van der Waals surface area contributed by atoms with Gasteiger partial charge >= 0.3 is 0 Å². The van der Waals surface area contributed by atoms with Gasteiger partial charge in [-0.1, -0.05) is 53.7 Å². The maximum atomic E-state index is 13.0. The van der Waals surface area contributed by atoms with Crippen molar-refractivity contribution in [2.45, 2.75) is 19.9 Å². The molecule has 0 saturated heterocycles. The van der Waals surface area contributed by atoms with Crippen molar-refractivity contribution in [3.8, 4) is 0 Å². The third-order valence-electron chi connectivity index (χ3n) is 4.59. The Hall–Kier alpha value is -2.45. The summed E-state index contributed by atoms with van der Waals surface area (Å²) in [5, 5.41) is 3.34. The monoisotopic (exact) mass is 470 g/mol. The smallest absolute Gasteiger partial charge is 0.259 e. The number of amidine groups is 2. The normalized spacial score (nSPS) is 17.6. The molecule has 0 spiro atoms. The van der Waals surface area contributed by atoms with Crippen LogP contribution in [0.5, 0.6) is 0 Å². The number of fused-ring (bicyclic) bond motifs is 3. The van der Waals surface area contributed by atoms with Crippen LogP contribution in [0.2, 0.25) is 0 Å². The first-order valence-corrected chi connectivity index (χ1v) is 11.0. The van der Waals surface area contributed by atoms with E-state index < -0.39 is 6.04 Å². The van der Waals surface area contributed by atoms with E-state index in [9.17, 15) is 9.59 Å². The number of para-hydroxylation sites is 1. The number of carbonyl (C=O) groups is 2. The van der Waals surface area contributed by atoms with E-state index in [0.717, 1.165) is 15.7 Å². The second kappa shape index (κ2) is 8.12. The first kappa shape index (κ1) is 19.8. The summed E-state index contributed by atoms with van der Waals surface area (Å²) in [4.78, 5) is 36.3. The number of benzene rings is 2. The molecule has 0 aromatic heterocycles. The molecule has 2 aliphatic heterocycles.